The summed E-state index contributed by atoms with van der Waals surface area (Å²) in [6.45, 7) is 3.19. The molecule has 1 aromatic carbocycles. The lowest BCUT2D eigenvalue weighted by Crippen LogP contribution is -2.04. The van der Waals surface area contributed by atoms with Crippen LogP contribution in [0.15, 0.2) is 28.9 Å². The van der Waals surface area contributed by atoms with Crippen LogP contribution < -0.4 is 0 Å². The quantitative estimate of drug-likeness (QED) is 0.871. The van der Waals surface area contributed by atoms with Gasteiger partial charge in [0.15, 0.2) is 0 Å². The third kappa shape index (κ3) is 2.08. The lowest BCUT2D eigenvalue weighted by molar-refractivity contribution is 0.212. The van der Waals surface area contributed by atoms with Gasteiger partial charge >= 0.3 is 0 Å². The minimum absolute atomic E-state index is 0.0494. The van der Waals surface area contributed by atoms with Crippen LogP contribution >= 0.6 is 0 Å². The maximum atomic E-state index is 13.6. The standard InChI is InChI=1S/C13H12F2O2/c1-7-5-10(12(15)6-11(7)14)13(16)9-3-4-17-8(9)2/h3-6,13,16H,1-2H3. The minimum Gasteiger partial charge on any atom is -0.469 e. The molecule has 1 heterocycles. The van der Waals surface area contributed by atoms with Gasteiger partial charge in [0.1, 0.15) is 23.5 Å². The highest BCUT2D eigenvalue weighted by Crippen LogP contribution is 2.28. The summed E-state index contributed by atoms with van der Waals surface area (Å²) in [4.78, 5) is 0. The van der Waals surface area contributed by atoms with Crippen molar-refractivity contribution in [3.63, 3.8) is 0 Å². The summed E-state index contributed by atoms with van der Waals surface area (Å²) in [6.07, 6.45) is 0.273. The van der Waals surface area contributed by atoms with Crippen LogP contribution in [0.3, 0.4) is 0 Å². The first-order valence-corrected chi connectivity index (χ1v) is 5.18. The Hall–Kier alpha value is -1.68. The van der Waals surface area contributed by atoms with Gasteiger partial charge in [-0.1, -0.05) is 0 Å². The molecule has 17 heavy (non-hydrogen) atoms. The van der Waals surface area contributed by atoms with Crippen molar-refractivity contribution in [2.45, 2.75) is 20.0 Å². The summed E-state index contributed by atoms with van der Waals surface area (Å²) in [7, 11) is 0. The Morgan fingerprint density at radius 1 is 1.12 bits per heavy atom. The number of aliphatic hydroxyl groups excluding tert-OH is 1. The average Bonchev–Trinajstić information content (AvgIpc) is 2.69. The summed E-state index contributed by atoms with van der Waals surface area (Å²) < 4.78 is 31.7. The van der Waals surface area contributed by atoms with Gasteiger partial charge in [0.2, 0.25) is 0 Å². The Labute approximate surface area is 97.5 Å². The fourth-order valence-electron chi connectivity index (χ4n) is 1.74. The summed E-state index contributed by atoms with van der Waals surface area (Å²) in [5, 5.41) is 10.0. The fourth-order valence-corrected chi connectivity index (χ4v) is 1.74. The molecule has 2 aromatic rings. The van der Waals surface area contributed by atoms with Gasteiger partial charge in [-0.3, -0.25) is 0 Å². The summed E-state index contributed by atoms with van der Waals surface area (Å²) in [5.41, 5.74) is 0.824. The normalized spacial score (nSPS) is 12.8. The van der Waals surface area contributed by atoms with Crippen LogP contribution in [-0.2, 0) is 0 Å². The Morgan fingerprint density at radius 3 is 2.41 bits per heavy atom. The van der Waals surface area contributed by atoms with Gasteiger partial charge in [0, 0.05) is 17.2 Å². The Kier molecular flexibility index (Phi) is 2.98. The Bertz CT molecular complexity index is 546. The molecule has 1 N–H and O–H groups in total. The number of hydrogen-bond donors (Lipinski definition) is 1. The molecule has 0 amide bonds. The monoisotopic (exact) mass is 238 g/mol. The zero-order valence-corrected chi connectivity index (χ0v) is 9.50. The second-order valence-corrected chi connectivity index (χ2v) is 3.96. The molecular formula is C13H12F2O2. The number of aliphatic hydroxyl groups is 1. The van der Waals surface area contributed by atoms with E-state index in [0.29, 0.717) is 16.9 Å². The van der Waals surface area contributed by atoms with Crippen molar-refractivity contribution in [2.75, 3.05) is 0 Å². The maximum Gasteiger partial charge on any atom is 0.132 e. The molecule has 0 aliphatic carbocycles. The molecular weight excluding hydrogens is 226 g/mol. The van der Waals surface area contributed by atoms with E-state index in [9.17, 15) is 13.9 Å². The van der Waals surface area contributed by atoms with Crippen molar-refractivity contribution in [3.8, 4) is 0 Å². The summed E-state index contributed by atoms with van der Waals surface area (Å²) >= 11 is 0. The number of benzene rings is 1. The van der Waals surface area contributed by atoms with E-state index in [4.69, 9.17) is 4.42 Å². The third-order valence-electron chi connectivity index (χ3n) is 2.77. The van der Waals surface area contributed by atoms with Crippen molar-refractivity contribution < 1.29 is 18.3 Å². The highest BCUT2D eigenvalue weighted by atomic mass is 19.1. The molecule has 2 nitrogen and oxygen atoms in total. The first-order valence-electron chi connectivity index (χ1n) is 5.18. The average molecular weight is 238 g/mol. The molecule has 90 valence electrons. The predicted molar refractivity (Wildman–Crippen MR) is 58.6 cm³/mol. The van der Waals surface area contributed by atoms with Gasteiger partial charge in [-0.25, -0.2) is 8.78 Å². The SMILES string of the molecule is Cc1cc(C(O)c2ccoc2C)c(F)cc1F. The Balaban J connectivity index is 2.48. The summed E-state index contributed by atoms with van der Waals surface area (Å²) in [5.74, 6) is -0.873. The van der Waals surface area contributed by atoms with Crippen LogP contribution in [0, 0.1) is 25.5 Å². The first kappa shape index (κ1) is 11.8. The van der Waals surface area contributed by atoms with E-state index in [1.165, 1.54) is 19.3 Å². The number of furan rings is 1. The molecule has 0 saturated carbocycles. The lowest BCUT2D eigenvalue weighted by Gasteiger charge is -2.12. The van der Waals surface area contributed by atoms with Gasteiger partial charge in [-0.2, -0.15) is 0 Å². The van der Waals surface area contributed by atoms with Crippen LogP contribution in [0.2, 0.25) is 0 Å². The zero-order valence-electron chi connectivity index (χ0n) is 9.50. The van der Waals surface area contributed by atoms with Gasteiger partial charge in [0.05, 0.1) is 6.26 Å². The van der Waals surface area contributed by atoms with E-state index in [-0.39, 0.29) is 5.56 Å². The largest absolute Gasteiger partial charge is 0.469 e. The van der Waals surface area contributed by atoms with E-state index >= 15 is 0 Å². The molecule has 1 atom stereocenters. The zero-order chi connectivity index (χ0) is 12.6. The van der Waals surface area contributed by atoms with Gasteiger partial charge in [0.25, 0.3) is 0 Å². The van der Waals surface area contributed by atoms with Gasteiger partial charge in [-0.15, -0.1) is 0 Å². The Morgan fingerprint density at radius 2 is 1.82 bits per heavy atom. The number of rotatable bonds is 2. The maximum absolute atomic E-state index is 13.6. The topological polar surface area (TPSA) is 33.4 Å². The number of hydrogen-bond acceptors (Lipinski definition) is 2. The fraction of sp³-hybridized carbons (Fsp3) is 0.231. The van der Waals surface area contributed by atoms with Crippen molar-refractivity contribution >= 4 is 0 Å². The molecule has 4 heteroatoms. The smallest absolute Gasteiger partial charge is 0.132 e. The van der Waals surface area contributed by atoms with Crippen LogP contribution in [0.4, 0.5) is 8.78 Å². The molecule has 0 radical (unpaired) electrons. The minimum atomic E-state index is -1.15. The summed E-state index contributed by atoms with van der Waals surface area (Å²) in [6, 6.07) is 3.66. The van der Waals surface area contributed by atoms with Crippen molar-refractivity contribution in [2.24, 2.45) is 0 Å². The molecule has 1 aromatic heterocycles. The van der Waals surface area contributed by atoms with E-state index in [1.54, 1.807) is 13.0 Å². The number of halogens is 2. The van der Waals surface area contributed by atoms with Gasteiger partial charge < -0.3 is 9.52 Å². The highest BCUT2D eigenvalue weighted by molar-refractivity contribution is 5.34. The second-order valence-electron chi connectivity index (χ2n) is 3.96. The molecule has 2 rings (SSSR count). The molecule has 0 bridgehead atoms. The first-order chi connectivity index (χ1) is 8.00. The van der Waals surface area contributed by atoms with E-state index < -0.39 is 17.7 Å². The predicted octanol–water partition coefficient (Wildman–Crippen LogP) is 3.26. The third-order valence-corrected chi connectivity index (χ3v) is 2.77. The molecule has 0 aliphatic heterocycles. The van der Waals surface area contributed by atoms with Crippen LogP contribution in [-0.4, -0.2) is 5.11 Å². The van der Waals surface area contributed by atoms with Crippen molar-refractivity contribution in [1.82, 2.24) is 0 Å². The van der Waals surface area contributed by atoms with Crippen LogP contribution in [0.5, 0.6) is 0 Å². The van der Waals surface area contributed by atoms with E-state index in [1.807, 2.05) is 0 Å². The highest BCUT2D eigenvalue weighted by Gasteiger charge is 2.19. The van der Waals surface area contributed by atoms with E-state index in [0.717, 1.165) is 6.07 Å². The van der Waals surface area contributed by atoms with Crippen molar-refractivity contribution in [3.05, 3.63) is 58.5 Å². The molecule has 0 spiro atoms. The molecule has 0 fully saturated rings. The van der Waals surface area contributed by atoms with Crippen LogP contribution in [0.1, 0.15) is 28.6 Å². The number of aryl methyl sites for hydroxylation is 2. The molecule has 0 aliphatic rings. The van der Waals surface area contributed by atoms with Gasteiger partial charge in [-0.05, 0) is 31.5 Å². The molecule has 1 unspecified atom stereocenters. The van der Waals surface area contributed by atoms with E-state index in [2.05, 4.69) is 0 Å². The van der Waals surface area contributed by atoms with Crippen molar-refractivity contribution in [1.29, 1.82) is 0 Å². The lowest BCUT2D eigenvalue weighted by atomic mass is 10.00. The van der Waals surface area contributed by atoms with Crippen LogP contribution in [0.25, 0.3) is 0 Å². The second kappa shape index (κ2) is 4.30. The molecule has 0 saturated heterocycles.